The predicted octanol–water partition coefficient (Wildman–Crippen LogP) is 10.3. The molecule has 0 aromatic heterocycles. The molecular formula is C47H58O4Se. The standard InChI is InChI=1S/C47H58O4Se/c1-6-33(2)27-34(3)46-36(5)43(48)29-45(50-46)47(51-44-25-15-20-38-19-13-14-24-42(38)44)30-35(4)39(32-49-31-37-17-9-7-10-18-37)28-40(47)21-16-26-52-41-22-11-8-12-23-41/h6-15,17-20,22-25,33-36,39-40,45-46H,1,16,21,26-32H2,2-5H3/t33-,34-,35+,36-,39-,40+,45-,46-,47+/m1/s1. The van der Waals surface area contributed by atoms with Crippen LogP contribution in [-0.2, 0) is 20.9 Å². The molecule has 1 saturated heterocycles. The van der Waals surface area contributed by atoms with E-state index in [1.807, 2.05) is 6.08 Å². The van der Waals surface area contributed by atoms with Crippen LogP contribution in [0.15, 0.2) is 116 Å². The van der Waals surface area contributed by atoms with Crippen LogP contribution in [0.5, 0.6) is 5.75 Å². The molecule has 4 aromatic carbocycles. The van der Waals surface area contributed by atoms with Crippen LogP contribution in [0.25, 0.3) is 10.8 Å². The summed E-state index contributed by atoms with van der Waals surface area (Å²) >= 11 is 0.412. The van der Waals surface area contributed by atoms with Gasteiger partial charge in [0.25, 0.3) is 0 Å². The van der Waals surface area contributed by atoms with Gasteiger partial charge in [-0.2, -0.15) is 0 Å². The molecule has 1 saturated carbocycles. The molecule has 5 heteroatoms. The molecule has 4 nitrogen and oxygen atoms in total. The molecule has 52 heavy (non-hydrogen) atoms. The Hall–Kier alpha value is -3.21. The zero-order valence-electron chi connectivity index (χ0n) is 31.6. The van der Waals surface area contributed by atoms with Crippen LogP contribution in [0.2, 0.25) is 5.32 Å². The fourth-order valence-electron chi connectivity index (χ4n) is 8.88. The van der Waals surface area contributed by atoms with Crippen molar-refractivity contribution in [1.82, 2.24) is 0 Å². The number of benzene rings is 4. The van der Waals surface area contributed by atoms with Gasteiger partial charge in [-0.3, -0.25) is 0 Å². The SMILES string of the molecule is C=C[C@@H](C)C[C@@H](C)[C@H]1O[C@@H]([C@]2(Oc3cccc4ccccc34)C[C@H](C)[C@@H](COCc3ccccc3)C[C@@H]2CCC[Se]c2ccccc2)CC(=O)[C@H]1C. The van der Waals surface area contributed by atoms with Crippen LogP contribution in [0.4, 0.5) is 0 Å². The van der Waals surface area contributed by atoms with E-state index in [1.165, 1.54) is 15.3 Å². The van der Waals surface area contributed by atoms with Crippen molar-refractivity contribution in [3.63, 3.8) is 0 Å². The maximum absolute atomic E-state index is 14.1. The number of rotatable bonds is 16. The van der Waals surface area contributed by atoms with Crippen LogP contribution in [0.3, 0.4) is 0 Å². The Morgan fingerprint density at radius 3 is 2.42 bits per heavy atom. The van der Waals surface area contributed by atoms with Gasteiger partial charge >= 0.3 is 307 Å². The summed E-state index contributed by atoms with van der Waals surface area (Å²) in [6, 6.07) is 36.3. The van der Waals surface area contributed by atoms with Gasteiger partial charge in [0, 0.05) is 0 Å². The van der Waals surface area contributed by atoms with Gasteiger partial charge in [-0.1, -0.05) is 6.07 Å². The molecule has 9 atom stereocenters. The monoisotopic (exact) mass is 766 g/mol. The minimum atomic E-state index is -0.656. The number of hydrogen-bond acceptors (Lipinski definition) is 4. The van der Waals surface area contributed by atoms with E-state index < -0.39 is 5.60 Å². The van der Waals surface area contributed by atoms with Crippen molar-refractivity contribution in [3.05, 3.63) is 121 Å². The summed E-state index contributed by atoms with van der Waals surface area (Å²) in [5.74, 6) is 2.53. The maximum atomic E-state index is 14.1. The topological polar surface area (TPSA) is 44.8 Å². The van der Waals surface area contributed by atoms with Crippen molar-refractivity contribution < 1.29 is 19.0 Å². The van der Waals surface area contributed by atoms with Crippen molar-refractivity contribution in [2.24, 2.45) is 35.5 Å². The molecule has 0 N–H and O–H groups in total. The van der Waals surface area contributed by atoms with Gasteiger partial charge in [0.15, 0.2) is 0 Å². The number of Topliss-reactive ketones (excluding diaryl/α,β-unsaturated/α-hetero) is 1. The van der Waals surface area contributed by atoms with Crippen LogP contribution in [-0.4, -0.2) is 45.2 Å². The second kappa shape index (κ2) is 18.2. The predicted molar refractivity (Wildman–Crippen MR) is 215 cm³/mol. The third kappa shape index (κ3) is 9.29. The fraction of sp³-hybridized carbons (Fsp3) is 0.468. The van der Waals surface area contributed by atoms with E-state index in [-0.39, 0.29) is 30.0 Å². The Labute approximate surface area is 318 Å². The quantitative estimate of drug-likeness (QED) is 0.0648. The Kier molecular flexibility index (Phi) is 13.5. The van der Waals surface area contributed by atoms with Gasteiger partial charge in [0.05, 0.1) is 0 Å². The summed E-state index contributed by atoms with van der Waals surface area (Å²) in [5, 5.41) is 3.44. The van der Waals surface area contributed by atoms with E-state index >= 15 is 0 Å². The normalized spacial score (nSPS) is 27.6. The van der Waals surface area contributed by atoms with E-state index in [9.17, 15) is 4.79 Å². The van der Waals surface area contributed by atoms with Crippen molar-refractivity contribution in [2.45, 2.75) is 96.0 Å². The molecule has 1 heterocycles. The molecule has 0 bridgehead atoms. The zero-order valence-corrected chi connectivity index (χ0v) is 33.3. The number of carbonyl (C=O) groups is 1. The van der Waals surface area contributed by atoms with Crippen molar-refractivity contribution >= 4 is 36.0 Å². The van der Waals surface area contributed by atoms with E-state index in [0.29, 0.717) is 58.1 Å². The number of ketones is 1. The average Bonchev–Trinajstić information content (AvgIpc) is 3.16. The Morgan fingerprint density at radius 1 is 0.942 bits per heavy atom. The molecule has 2 fully saturated rings. The van der Waals surface area contributed by atoms with Crippen LogP contribution < -0.4 is 9.20 Å². The summed E-state index contributed by atoms with van der Waals surface area (Å²) in [5.41, 5.74) is 0.547. The second-order valence-corrected chi connectivity index (χ2v) is 18.1. The van der Waals surface area contributed by atoms with Gasteiger partial charge in [-0.05, 0) is 0 Å². The van der Waals surface area contributed by atoms with Gasteiger partial charge < -0.3 is 0 Å². The van der Waals surface area contributed by atoms with E-state index in [0.717, 1.165) is 48.6 Å². The average molecular weight is 766 g/mol. The molecule has 2 aliphatic rings. The van der Waals surface area contributed by atoms with Gasteiger partial charge in [0.2, 0.25) is 0 Å². The van der Waals surface area contributed by atoms with E-state index in [1.54, 1.807) is 0 Å². The summed E-state index contributed by atoms with van der Waals surface area (Å²) in [6.45, 7) is 14.3. The van der Waals surface area contributed by atoms with Crippen LogP contribution in [0.1, 0.15) is 71.8 Å². The molecule has 1 aliphatic carbocycles. The second-order valence-electron chi connectivity index (χ2n) is 15.7. The van der Waals surface area contributed by atoms with Crippen molar-refractivity contribution in [1.29, 1.82) is 0 Å². The third-order valence-corrected chi connectivity index (χ3v) is 14.2. The van der Waals surface area contributed by atoms with Crippen LogP contribution in [0, 0.1) is 35.5 Å². The first-order chi connectivity index (χ1) is 25.3. The fourth-order valence-corrected chi connectivity index (χ4v) is 10.8. The van der Waals surface area contributed by atoms with E-state index in [4.69, 9.17) is 14.2 Å². The first-order valence-corrected chi connectivity index (χ1v) is 21.6. The van der Waals surface area contributed by atoms with Gasteiger partial charge in [0.1, 0.15) is 0 Å². The molecule has 0 unspecified atom stereocenters. The molecule has 6 rings (SSSR count). The summed E-state index contributed by atoms with van der Waals surface area (Å²) in [4.78, 5) is 14.1. The van der Waals surface area contributed by atoms with Gasteiger partial charge in [-0.15, -0.1) is 6.58 Å². The van der Waals surface area contributed by atoms with Crippen molar-refractivity contribution in [2.75, 3.05) is 6.61 Å². The summed E-state index contributed by atoms with van der Waals surface area (Å²) in [6.07, 6.45) is 6.79. The molecule has 0 spiro atoms. The molecule has 1 aliphatic heterocycles. The molecule has 0 radical (unpaired) electrons. The zero-order chi connectivity index (χ0) is 36.5. The third-order valence-electron chi connectivity index (χ3n) is 11.9. The minimum absolute atomic E-state index is 0.148. The molecule has 0 amide bonds. The number of allylic oxidation sites excluding steroid dienone is 1. The first kappa shape index (κ1) is 38.5. The molecule has 4 aromatic rings. The number of carbonyl (C=O) groups excluding carboxylic acids is 1. The first-order valence-electron chi connectivity index (χ1n) is 19.5. The Morgan fingerprint density at radius 2 is 1.65 bits per heavy atom. The summed E-state index contributed by atoms with van der Waals surface area (Å²) < 4.78 is 22.8. The molecule has 276 valence electrons. The Balaban J connectivity index is 1.34. The van der Waals surface area contributed by atoms with E-state index in [2.05, 4.69) is 137 Å². The van der Waals surface area contributed by atoms with Gasteiger partial charge in [-0.25, -0.2) is 0 Å². The number of hydrogen-bond donors (Lipinski definition) is 0. The number of fused-ring (bicyclic) bond motifs is 1. The van der Waals surface area contributed by atoms with Crippen molar-refractivity contribution in [3.8, 4) is 5.75 Å². The summed E-state index contributed by atoms with van der Waals surface area (Å²) in [7, 11) is 0. The number of ether oxygens (including phenoxy) is 3. The Bertz CT molecular complexity index is 1720. The van der Waals surface area contributed by atoms with Crippen LogP contribution >= 0.6 is 0 Å². The molecular weight excluding hydrogens is 707 g/mol.